The molecule has 0 spiro atoms. The van der Waals surface area contributed by atoms with E-state index >= 15 is 0 Å². The van der Waals surface area contributed by atoms with Gasteiger partial charge >= 0.3 is 5.97 Å². The Labute approximate surface area is 127 Å². The Morgan fingerprint density at radius 1 is 1.26 bits per heavy atom. The quantitative estimate of drug-likeness (QED) is 0.811. The summed E-state index contributed by atoms with van der Waals surface area (Å²) in [6.07, 6.45) is 0. The highest BCUT2D eigenvalue weighted by Gasteiger charge is 2.10. The molecule has 0 saturated carbocycles. The Morgan fingerprint density at radius 3 is 2.58 bits per heavy atom. The Hall–Kier alpha value is -1.01. The molecular weight excluding hydrogens is 331 g/mol. The maximum absolute atomic E-state index is 10.7. The summed E-state index contributed by atoms with van der Waals surface area (Å²) in [4.78, 5) is 14.6. The molecule has 4 nitrogen and oxygen atoms in total. The van der Waals surface area contributed by atoms with E-state index in [2.05, 4.69) is 10.3 Å². The summed E-state index contributed by atoms with van der Waals surface area (Å²) in [6, 6.07) is 3.15. The van der Waals surface area contributed by atoms with E-state index in [0.717, 1.165) is 11.3 Å². The van der Waals surface area contributed by atoms with Crippen LogP contribution in [0.2, 0.25) is 15.1 Å². The molecular formula is C11H7Cl3N2O2S. The number of aromatic carboxylic acids is 1. The highest BCUT2D eigenvalue weighted by Crippen LogP contribution is 2.32. The number of hydrogen-bond donors (Lipinski definition) is 2. The van der Waals surface area contributed by atoms with Gasteiger partial charge in [0, 0.05) is 5.38 Å². The van der Waals surface area contributed by atoms with E-state index in [9.17, 15) is 4.79 Å². The van der Waals surface area contributed by atoms with Gasteiger partial charge in [0.05, 0.1) is 33.0 Å². The molecule has 2 aromatic rings. The molecule has 0 amide bonds. The molecule has 0 bridgehead atoms. The van der Waals surface area contributed by atoms with Gasteiger partial charge in [-0.15, -0.1) is 11.3 Å². The lowest BCUT2D eigenvalue weighted by Crippen LogP contribution is -2.02. The summed E-state index contributed by atoms with van der Waals surface area (Å²) >= 11 is 18.8. The van der Waals surface area contributed by atoms with Gasteiger partial charge in [-0.3, -0.25) is 0 Å². The van der Waals surface area contributed by atoms with Gasteiger partial charge < -0.3 is 10.4 Å². The molecule has 0 radical (unpaired) electrons. The fourth-order valence-electron chi connectivity index (χ4n) is 1.33. The van der Waals surface area contributed by atoms with Gasteiger partial charge in [0.15, 0.2) is 0 Å². The third-order valence-corrected chi connectivity index (χ3v) is 4.12. The second-order valence-corrected chi connectivity index (χ2v) is 5.63. The van der Waals surface area contributed by atoms with E-state index in [1.807, 2.05) is 0 Å². The molecule has 1 aromatic heterocycles. The first kappa shape index (κ1) is 14.4. The van der Waals surface area contributed by atoms with Gasteiger partial charge in [0.1, 0.15) is 0 Å². The summed E-state index contributed by atoms with van der Waals surface area (Å²) in [6.45, 7) is 0.349. The zero-order valence-corrected chi connectivity index (χ0v) is 12.4. The average Bonchev–Trinajstić information content (AvgIpc) is 2.81. The minimum atomic E-state index is -1.04. The molecule has 0 aliphatic carbocycles. The van der Waals surface area contributed by atoms with Gasteiger partial charge in [0.25, 0.3) is 0 Å². The number of rotatable bonds is 4. The minimum absolute atomic E-state index is 0.0528. The standard InChI is InChI=1S/C11H7Cl3N2O2S/c12-6-1-8(14)9(2-7(6)13)15-3-5-4-19-10(16-5)11(17)18/h1-2,4,15H,3H2,(H,17,18). The lowest BCUT2D eigenvalue weighted by molar-refractivity contribution is 0.0696. The van der Waals surface area contributed by atoms with Crippen molar-refractivity contribution in [3.05, 3.63) is 43.3 Å². The van der Waals surface area contributed by atoms with Crippen molar-refractivity contribution < 1.29 is 9.90 Å². The minimum Gasteiger partial charge on any atom is -0.476 e. The average molecular weight is 338 g/mol. The first-order chi connectivity index (χ1) is 8.97. The molecule has 100 valence electrons. The number of nitrogens with zero attached hydrogens (tertiary/aromatic N) is 1. The lowest BCUT2D eigenvalue weighted by Gasteiger charge is -2.08. The van der Waals surface area contributed by atoms with Crippen molar-refractivity contribution in [2.24, 2.45) is 0 Å². The highest BCUT2D eigenvalue weighted by atomic mass is 35.5. The van der Waals surface area contributed by atoms with E-state index in [1.54, 1.807) is 11.4 Å². The molecule has 1 aromatic carbocycles. The lowest BCUT2D eigenvalue weighted by atomic mass is 10.3. The third-order valence-electron chi connectivity index (χ3n) is 2.20. The number of thiazole rings is 1. The van der Waals surface area contributed by atoms with Crippen LogP contribution in [0.25, 0.3) is 0 Å². The number of anilines is 1. The molecule has 0 aliphatic rings. The summed E-state index contributed by atoms with van der Waals surface area (Å²) in [5.74, 6) is -1.04. The molecule has 0 unspecified atom stereocenters. The zero-order valence-electron chi connectivity index (χ0n) is 9.28. The maximum atomic E-state index is 10.7. The van der Waals surface area contributed by atoms with Crippen LogP contribution in [-0.2, 0) is 6.54 Å². The summed E-state index contributed by atoms with van der Waals surface area (Å²) in [5, 5.41) is 14.7. The fraction of sp³-hybridized carbons (Fsp3) is 0.0909. The first-order valence-electron chi connectivity index (χ1n) is 5.03. The number of aromatic nitrogens is 1. The van der Waals surface area contributed by atoms with Gasteiger partial charge in [-0.25, -0.2) is 9.78 Å². The monoisotopic (exact) mass is 336 g/mol. The van der Waals surface area contributed by atoms with Crippen LogP contribution in [0.15, 0.2) is 17.5 Å². The molecule has 0 atom stereocenters. The van der Waals surface area contributed by atoms with Crippen LogP contribution in [0.4, 0.5) is 5.69 Å². The van der Waals surface area contributed by atoms with Gasteiger partial charge in [-0.2, -0.15) is 0 Å². The highest BCUT2D eigenvalue weighted by molar-refractivity contribution is 7.11. The molecule has 1 heterocycles. The van der Waals surface area contributed by atoms with E-state index < -0.39 is 5.97 Å². The molecule has 0 saturated heterocycles. The number of carbonyl (C=O) groups is 1. The summed E-state index contributed by atoms with van der Waals surface area (Å²) in [5.41, 5.74) is 1.23. The Bertz CT molecular complexity index is 630. The number of carboxylic acids is 1. The molecule has 2 N–H and O–H groups in total. The molecule has 2 rings (SSSR count). The van der Waals surface area contributed by atoms with Crippen LogP contribution < -0.4 is 5.32 Å². The van der Waals surface area contributed by atoms with Crippen molar-refractivity contribution >= 4 is 57.8 Å². The second kappa shape index (κ2) is 5.96. The largest absolute Gasteiger partial charge is 0.476 e. The van der Waals surface area contributed by atoms with Crippen LogP contribution in [0, 0.1) is 0 Å². The maximum Gasteiger partial charge on any atom is 0.365 e. The fourth-order valence-corrected chi connectivity index (χ4v) is 2.60. The third kappa shape index (κ3) is 3.51. The summed E-state index contributed by atoms with van der Waals surface area (Å²) in [7, 11) is 0. The molecule has 19 heavy (non-hydrogen) atoms. The van der Waals surface area contributed by atoms with Gasteiger partial charge in [-0.05, 0) is 12.1 Å². The van der Waals surface area contributed by atoms with E-state index in [0.29, 0.717) is 33.0 Å². The van der Waals surface area contributed by atoms with Crippen LogP contribution in [0.1, 0.15) is 15.5 Å². The predicted molar refractivity (Wildman–Crippen MR) is 77.9 cm³/mol. The van der Waals surface area contributed by atoms with E-state index in [4.69, 9.17) is 39.9 Å². The molecule has 8 heteroatoms. The number of hydrogen-bond acceptors (Lipinski definition) is 4. The number of carboxylic acid groups (broad SMARTS) is 1. The SMILES string of the molecule is O=C(O)c1nc(CNc2cc(Cl)c(Cl)cc2Cl)cs1. The van der Waals surface area contributed by atoms with Crippen molar-refractivity contribution in [2.45, 2.75) is 6.54 Å². The molecule has 0 aliphatic heterocycles. The number of nitrogens with one attached hydrogen (secondary N) is 1. The summed E-state index contributed by atoms with van der Waals surface area (Å²) < 4.78 is 0. The van der Waals surface area contributed by atoms with E-state index in [1.165, 1.54) is 6.07 Å². The predicted octanol–water partition coefficient (Wildman–Crippen LogP) is 4.41. The molecule has 0 fully saturated rings. The second-order valence-electron chi connectivity index (χ2n) is 3.55. The van der Waals surface area contributed by atoms with Crippen LogP contribution in [0.5, 0.6) is 0 Å². The Kier molecular flexibility index (Phi) is 4.52. The van der Waals surface area contributed by atoms with Crippen molar-refractivity contribution in [1.29, 1.82) is 0 Å². The van der Waals surface area contributed by atoms with Crippen LogP contribution in [-0.4, -0.2) is 16.1 Å². The van der Waals surface area contributed by atoms with Gasteiger partial charge in [-0.1, -0.05) is 34.8 Å². The van der Waals surface area contributed by atoms with Crippen molar-refractivity contribution in [1.82, 2.24) is 4.98 Å². The van der Waals surface area contributed by atoms with E-state index in [-0.39, 0.29) is 5.01 Å². The van der Waals surface area contributed by atoms with Crippen molar-refractivity contribution in [3.63, 3.8) is 0 Å². The zero-order chi connectivity index (χ0) is 14.0. The normalized spacial score (nSPS) is 10.5. The van der Waals surface area contributed by atoms with Crippen LogP contribution >= 0.6 is 46.1 Å². The van der Waals surface area contributed by atoms with Crippen molar-refractivity contribution in [2.75, 3.05) is 5.32 Å². The van der Waals surface area contributed by atoms with Crippen molar-refractivity contribution in [3.8, 4) is 0 Å². The topological polar surface area (TPSA) is 62.2 Å². The Morgan fingerprint density at radius 2 is 1.95 bits per heavy atom. The van der Waals surface area contributed by atoms with Gasteiger partial charge in [0.2, 0.25) is 5.01 Å². The smallest absolute Gasteiger partial charge is 0.365 e. The first-order valence-corrected chi connectivity index (χ1v) is 7.05. The number of halogens is 3. The van der Waals surface area contributed by atoms with Crippen LogP contribution in [0.3, 0.4) is 0 Å². The Balaban J connectivity index is 2.09. The number of benzene rings is 1.